The Balaban J connectivity index is 1.44. The Hall–Kier alpha value is -1.33. The van der Waals surface area contributed by atoms with Crippen LogP contribution >= 0.6 is 15.9 Å². The van der Waals surface area contributed by atoms with Crippen LogP contribution in [0.15, 0.2) is 34.9 Å². The standard InChI is InChI=1S/C15H18BrN3O/c1-19-13(5-7-18-19)4-6-17-10-14-9-11-8-12(16)2-3-15(11)20-14/h2-3,5,7-8,14,17H,4,6,9-10H2,1H3. The molecule has 1 unspecified atom stereocenters. The maximum atomic E-state index is 5.92. The molecule has 1 aliphatic heterocycles. The summed E-state index contributed by atoms with van der Waals surface area (Å²) in [4.78, 5) is 0. The van der Waals surface area contributed by atoms with Gasteiger partial charge in [-0.2, -0.15) is 5.10 Å². The number of aryl methyl sites for hydroxylation is 1. The summed E-state index contributed by atoms with van der Waals surface area (Å²) in [5.41, 5.74) is 2.54. The molecule has 0 spiro atoms. The fourth-order valence-electron chi connectivity index (χ4n) is 2.53. The minimum absolute atomic E-state index is 0.242. The topological polar surface area (TPSA) is 39.1 Å². The van der Waals surface area contributed by atoms with E-state index in [4.69, 9.17) is 4.74 Å². The molecule has 0 bridgehead atoms. The van der Waals surface area contributed by atoms with Crippen molar-refractivity contribution < 1.29 is 4.74 Å². The number of halogens is 1. The van der Waals surface area contributed by atoms with E-state index in [2.05, 4.69) is 38.5 Å². The summed E-state index contributed by atoms with van der Waals surface area (Å²) in [6, 6.07) is 8.26. The van der Waals surface area contributed by atoms with E-state index in [0.717, 1.165) is 36.2 Å². The van der Waals surface area contributed by atoms with Crippen LogP contribution in [0.25, 0.3) is 0 Å². The van der Waals surface area contributed by atoms with Gasteiger partial charge in [-0.25, -0.2) is 0 Å². The third-order valence-electron chi connectivity index (χ3n) is 3.62. The lowest BCUT2D eigenvalue weighted by Crippen LogP contribution is -2.31. The second kappa shape index (κ2) is 5.97. The molecule has 1 N–H and O–H groups in total. The SMILES string of the molecule is Cn1nccc1CCNCC1Cc2cc(Br)ccc2O1. The van der Waals surface area contributed by atoms with E-state index < -0.39 is 0 Å². The van der Waals surface area contributed by atoms with Crippen LogP contribution in [-0.2, 0) is 19.9 Å². The van der Waals surface area contributed by atoms with Gasteiger partial charge in [0, 0.05) is 49.3 Å². The quantitative estimate of drug-likeness (QED) is 0.852. The number of benzene rings is 1. The van der Waals surface area contributed by atoms with E-state index in [1.807, 2.05) is 30.1 Å². The summed E-state index contributed by atoms with van der Waals surface area (Å²) >= 11 is 3.50. The van der Waals surface area contributed by atoms with Crippen molar-refractivity contribution in [2.45, 2.75) is 18.9 Å². The second-order valence-corrected chi connectivity index (χ2v) is 6.01. The van der Waals surface area contributed by atoms with Crippen LogP contribution in [-0.4, -0.2) is 29.0 Å². The van der Waals surface area contributed by atoms with Crippen LogP contribution in [0.1, 0.15) is 11.3 Å². The zero-order valence-corrected chi connectivity index (χ0v) is 13.1. The zero-order chi connectivity index (χ0) is 13.9. The first-order valence-electron chi connectivity index (χ1n) is 6.85. The molecule has 0 amide bonds. The number of nitrogens with zero attached hydrogens (tertiary/aromatic N) is 2. The predicted molar refractivity (Wildman–Crippen MR) is 82.0 cm³/mol. The average molecular weight is 336 g/mol. The number of aromatic nitrogens is 2. The summed E-state index contributed by atoms with van der Waals surface area (Å²) in [7, 11) is 1.98. The van der Waals surface area contributed by atoms with Gasteiger partial charge in [-0.1, -0.05) is 15.9 Å². The Bertz CT molecular complexity index is 597. The first-order chi connectivity index (χ1) is 9.72. The van der Waals surface area contributed by atoms with Gasteiger partial charge in [0.1, 0.15) is 11.9 Å². The lowest BCUT2D eigenvalue weighted by molar-refractivity contribution is 0.228. The number of rotatable bonds is 5. The summed E-state index contributed by atoms with van der Waals surface area (Å²) in [5, 5.41) is 7.63. The van der Waals surface area contributed by atoms with E-state index in [-0.39, 0.29) is 6.10 Å². The van der Waals surface area contributed by atoms with Gasteiger partial charge in [0.2, 0.25) is 0 Å². The first kappa shape index (κ1) is 13.6. The zero-order valence-electron chi connectivity index (χ0n) is 11.5. The minimum atomic E-state index is 0.242. The number of hydrogen-bond donors (Lipinski definition) is 1. The lowest BCUT2D eigenvalue weighted by Gasteiger charge is -2.11. The summed E-state index contributed by atoms with van der Waals surface area (Å²) in [5.74, 6) is 1.02. The molecule has 0 saturated carbocycles. The van der Waals surface area contributed by atoms with Gasteiger partial charge in [0.15, 0.2) is 0 Å². The summed E-state index contributed by atoms with van der Waals surface area (Å²) in [6.07, 6.45) is 4.05. The average Bonchev–Trinajstić information content (AvgIpc) is 3.00. The lowest BCUT2D eigenvalue weighted by atomic mass is 10.1. The Kier molecular flexibility index (Phi) is 4.08. The normalized spacial score (nSPS) is 17.0. The van der Waals surface area contributed by atoms with Crippen LogP contribution in [0, 0.1) is 0 Å². The first-order valence-corrected chi connectivity index (χ1v) is 7.64. The van der Waals surface area contributed by atoms with E-state index >= 15 is 0 Å². The molecule has 4 nitrogen and oxygen atoms in total. The Morgan fingerprint density at radius 1 is 1.45 bits per heavy atom. The van der Waals surface area contributed by atoms with Crippen molar-refractivity contribution in [3.63, 3.8) is 0 Å². The van der Waals surface area contributed by atoms with Crippen molar-refractivity contribution >= 4 is 15.9 Å². The molecule has 20 heavy (non-hydrogen) atoms. The highest BCUT2D eigenvalue weighted by Crippen LogP contribution is 2.30. The Labute approximate surface area is 127 Å². The van der Waals surface area contributed by atoms with Crippen molar-refractivity contribution in [2.24, 2.45) is 7.05 Å². The predicted octanol–water partition coefficient (Wildman–Crippen LogP) is 2.32. The van der Waals surface area contributed by atoms with Crippen LogP contribution in [0.3, 0.4) is 0 Å². The number of ether oxygens (including phenoxy) is 1. The van der Waals surface area contributed by atoms with Gasteiger partial charge < -0.3 is 10.1 Å². The fourth-order valence-corrected chi connectivity index (χ4v) is 2.94. The highest BCUT2D eigenvalue weighted by atomic mass is 79.9. The summed E-state index contributed by atoms with van der Waals surface area (Å²) in [6.45, 7) is 1.82. The number of fused-ring (bicyclic) bond motifs is 1. The molecule has 5 heteroatoms. The molecule has 2 heterocycles. The molecular weight excluding hydrogens is 318 g/mol. The maximum absolute atomic E-state index is 5.92. The van der Waals surface area contributed by atoms with E-state index in [0.29, 0.717) is 0 Å². The van der Waals surface area contributed by atoms with E-state index in [9.17, 15) is 0 Å². The molecule has 1 atom stereocenters. The monoisotopic (exact) mass is 335 g/mol. The highest BCUT2D eigenvalue weighted by molar-refractivity contribution is 9.10. The van der Waals surface area contributed by atoms with Crippen molar-refractivity contribution in [1.82, 2.24) is 15.1 Å². The molecule has 1 aromatic heterocycles. The van der Waals surface area contributed by atoms with Crippen molar-refractivity contribution in [3.8, 4) is 5.75 Å². The molecule has 2 aromatic rings. The van der Waals surface area contributed by atoms with Gasteiger partial charge in [-0.3, -0.25) is 4.68 Å². The molecule has 1 aromatic carbocycles. The van der Waals surface area contributed by atoms with E-state index in [1.54, 1.807) is 0 Å². The molecule has 1 aliphatic rings. The minimum Gasteiger partial charge on any atom is -0.488 e. The van der Waals surface area contributed by atoms with Gasteiger partial charge in [0.25, 0.3) is 0 Å². The van der Waals surface area contributed by atoms with Crippen LogP contribution in [0.4, 0.5) is 0 Å². The van der Waals surface area contributed by atoms with Crippen LogP contribution in [0.5, 0.6) is 5.75 Å². The number of nitrogens with one attached hydrogen (secondary N) is 1. The van der Waals surface area contributed by atoms with Crippen molar-refractivity contribution in [2.75, 3.05) is 13.1 Å². The Morgan fingerprint density at radius 2 is 2.35 bits per heavy atom. The second-order valence-electron chi connectivity index (χ2n) is 5.10. The molecule has 0 aliphatic carbocycles. The van der Waals surface area contributed by atoms with Gasteiger partial charge in [0.05, 0.1) is 0 Å². The fraction of sp³-hybridized carbons (Fsp3) is 0.400. The van der Waals surface area contributed by atoms with Gasteiger partial charge in [-0.15, -0.1) is 0 Å². The molecule has 0 saturated heterocycles. The van der Waals surface area contributed by atoms with Crippen LogP contribution < -0.4 is 10.1 Å². The molecule has 0 fully saturated rings. The van der Waals surface area contributed by atoms with Gasteiger partial charge >= 0.3 is 0 Å². The van der Waals surface area contributed by atoms with Crippen molar-refractivity contribution in [3.05, 3.63) is 46.2 Å². The smallest absolute Gasteiger partial charge is 0.123 e. The maximum Gasteiger partial charge on any atom is 0.123 e. The molecule has 3 rings (SSSR count). The molecular formula is C15H18BrN3O. The Morgan fingerprint density at radius 3 is 3.15 bits per heavy atom. The number of hydrogen-bond acceptors (Lipinski definition) is 3. The largest absolute Gasteiger partial charge is 0.488 e. The van der Waals surface area contributed by atoms with Gasteiger partial charge in [-0.05, 0) is 29.8 Å². The summed E-state index contributed by atoms with van der Waals surface area (Å²) < 4.78 is 8.96. The van der Waals surface area contributed by atoms with E-state index in [1.165, 1.54) is 11.3 Å². The molecule has 0 radical (unpaired) electrons. The highest BCUT2D eigenvalue weighted by Gasteiger charge is 2.22. The third-order valence-corrected chi connectivity index (χ3v) is 4.11. The van der Waals surface area contributed by atoms with Crippen LogP contribution in [0.2, 0.25) is 0 Å². The van der Waals surface area contributed by atoms with Crippen molar-refractivity contribution in [1.29, 1.82) is 0 Å². The third kappa shape index (κ3) is 3.04. The molecule has 106 valence electrons.